The molecule has 0 aliphatic carbocycles. The number of aromatic carboxylic acids is 1. The molecule has 1 saturated heterocycles. The van der Waals surface area contributed by atoms with Gasteiger partial charge in [-0.3, -0.25) is 5.10 Å². The topological polar surface area (TPSA) is 72.5 Å². The lowest BCUT2D eigenvalue weighted by Crippen LogP contribution is -2.47. The molecular formula is C18H25ClN4O2. The summed E-state index contributed by atoms with van der Waals surface area (Å²) < 4.78 is 0. The fourth-order valence-corrected chi connectivity index (χ4v) is 3.31. The van der Waals surface area contributed by atoms with Crippen molar-refractivity contribution in [2.24, 2.45) is 0 Å². The molecule has 0 radical (unpaired) electrons. The highest BCUT2D eigenvalue weighted by Gasteiger charge is 2.23. The molecule has 0 unspecified atom stereocenters. The smallest absolute Gasteiger partial charge is 0.335 e. The highest BCUT2D eigenvalue weighted by atomic mass is 35.5. The standard InChI is InChI=1S/C16H19ClN4O2.C2H6/c1-10-15(11(2)19-18-10)21-7-5-20(6-8-21)14-9-12(16(22)23)3-4-13(14)17;1-2/h3-4,9H,5-8H2,1-2H3,(H,18,19)(H,22,23);1-2H3. The fraction of sp³-hybridized carbons (Fsp3) is 0.444. The molecule has 3 rings (SSSR count). The van der Waals surface area contributed by atoms with Gasteiger partial charge < -0.3 is 14.9 Å². The Morgan fingerprint density at radius 2 is 1.76 bits per heavy atom. The number of aryl methyl sites for hydroxylation is 2. The van der Waals surface area contributed by atoms with Crippen molar-refractivity contribution in [2.45, 2.75) is 27.7 Å². The highest BCUT2D eigenvalue weighted by molar-refractivity contribution is 6.33. The number of carboxylic acids is 1. The van der Waals surface area contributed by atoms with Gasteiger partial charge in [-0.15, -0.1) is 0 Å². The number of carbonyl (C=O) groups is 1. The van der Waals surface area contributed by atoms with Crippen molar-refractivity contribution in [3.63, 3.8) is 0 Å². The van der Waals surface area contributed by atoms with Crippen LogP contribution in [0.2, 0.25) is 5.02 Å². The van der Waals surface area contributed by atoms with E-state index >= 15 is 0 Å². The molecular weight excluding hydrogens is 340 g/mol. The normalized spacial score (nSPS) is 14.1. The van der Waals surface area contributed by atoms with Crippen molar-refractivity contribution in [3.05, 3.63) is 40.2 Å². The molecule has 1 aromatic heterocycles. The van der Waals surface area contributed by atoms with Crippen molar-refractivity contribution in [1.82, 2.24) is 10.2 Å². The van der Waals surface area contributed by atoms with Gasteiger partial charge in [0.1, 0.15) is 0 Å². The number of halogens is 1. The SMILES string of the molecule is CC.Cc1n[nH]c(C)c1N1CCN(c2cc(C(=O)O)ccc2Cl)CC1. The molecule has 1 aromatic carbocycles. The maximum absolute atomic E-state index is 11.1. The van der Waals surface area contributed by atoms with Gasteiger partial charge in [-0.1, -0.05) is 25.4 Å². The zero-order valence-electron chi connectivity index (χ0n) is 15.1. The molecule has 136 valence electrons. The minimum absolute atomic E-state index is 0.258. The lowest BCUT2D eigenvalue weighted by Gasteiger charge is -2.37. The molecule has 1 fully saturated rings. The summed E-state index contributed by atoms with van der Waals surface area (Å²) in [7, 11) is 0. The lowest BCUT2D eigenvalue weighted by atomic mass is 10.1. The van der Waals surface area contributed by atoms with E-state index in [1.807, 2.05) is 27.7 Å². The summed E-state index contributed by atoms with van der Waals surface area (Å²) in [6, 6.07) is 4.83. The number of anilines is 2. The molecule has 0 saturated carbocycles. The van der Waals surface area contributed by atoms with Gasteiger partial charge in [-0.2, -0.15) is 5.10 Å². The van der Waals surface area contributed by atoms with Crippen molar-refractivity contribution in [1.29, 1.82) is 0 Å². The van der Waals surface area contributed by atoms with Gasteiger partial charge >= 0.3 is 5.97 Å². The van der Waals surface area contributed by atoms with E-state index in [1.54, 1.807) is 12.1 Å². The minimum Gasteiger partial charge on any atom is -0.478 e. The largest absolute Gasteiger partial charge is 0.478 e. The van der Waals surface area contributed by atoms with Gasteiger partial charge in [0.15, 0.2) is 0 Å². The molecule has 0 bridgehead atoms. The van der Waals surface area contributed by atoms with Crippen LogP contribution in [-0.4, -0.2) is 47.5 Å². The molecule has 1 aliphatic rings. The Balaban J connectivity index is 0.00000109. The Morgan fingerprint density at radius 3 is 2.28 bits per heavy atom. The monoisotopic (exact) mass is 364 g/mol. The van der Waals surface area contributed by atoms with Crippen LogP contribution in [0.1, 0.15) is 35.6 Å². The van der Waals surface area contributed by atoms with Crippen LogP contribution in [0.15, 0.2) is 18.2 Å². The summed E-state index contributed by atoms with van der Waals surface area (Å²) in [5, 5.41) is 17.0. The van der Waals surface area contributed by atoms with Crippen molar-refractivity contribution in [3.8, 4) is 0 Å². The van der Waals surface area contributed by atoms with Crippen LogP contribution in [0.5, 0.6) is 0 Å². The molecule has 6 nitrogen and oxygen atoms in total. The van der Waals surface area contributed by atoms with E-state index in [-0.39, 0.29) is 5.56 Å². The van der Waals surface area contributed by atoms with Crippen molar-refractivity contribution < 1.29 is 9.90 Å². The minimum atomic E-state index is -0.939. The number of H-pyrrole nitrogens is 1. The third-order valence-electron chi connectivity index (χ3n) is 4.22. The molecule has 2 N–H and O–H groups in total. The average molecular weight is 365 g/mol. The van der Waals surface area contributed by atoms with E-state index in [0.717, 1.165) is 48.9 Å². The summed E-state index contributed by atoms with van der Waals surface area (Å²) >= 11 is 6.26. The first-order valence-electron chi connectivity index (χ1n) is 8.51. The van der Waals surface area contributed by atoms with E-state index < -0.39 is 5.97 Å². The van der Waals surface area contributed by atoms with Gasteiger partial charge in [-0.05, 0) is 32.0 Å². The Morgan fingerprint density at radius 1 is 1.16 bits per heavy atom. The van der Waals surface area contributed by atoms with E-state index in [2.05, 4.69) is 20.0 Å². The Kier molecular flexibility index (Phi) is 6.31. The van der Waals surface area contributed by atoms with Crippen LogP contribution in [0, 0.1) is 13.8 Å². The molecule has 1 aliphatic heterocycles. The van der Waals surface area contributed by atoms with Gasteiger partial charge in [-0.25, -0.2) is 4.79 Å². The predicted octanol–water partition coefficient (Wildman–Crippen LogP) is 3.73. The van der Waals surface area contributed by atoms with Gasteiger partial charge in [0.2, 0.25) is 0 Å². The lowest BCUT2D eigenvalue weighted by molar-refractivity contribution is 0.0697. The van der Waals surface area contributed by atoms with Crippen LogP contribution in [0.3, 0.4) is 0 Å². The zero-order chi connectivity index (χ0) is 18.6. The van der Waals surface area contributed by atoms with Crippen LogP contribution < -0.4 is 9.80 Å². The number of piperazine rings is 1. The average Bonchev–Trinajstić information content (AvgIpc) is 2.96. The summed E-state index contributed by atoms with van der Waals surface area (Å²) in [5.41, 5.74) is 4.28. The number of carboxylic acid groups (broad SMARTS) is 1. The second kappa shape index (κ2) is 8.25. The predicted molar refractivity (Wildman–Crippen MR) is 102 cm³/mol. The van der Waals surface area contributed by atoms with E-state index in [9.17, 15) is 4.79 Å². The van der Waals surface area contributed by atoms with E-state index in [0.29, 0.717) is 5.02 Å². The first kappa shape index (κ1) is 19.1. The number of nitrogens with one attached hydrogen (secondary N) is 1. The molecule has 0 atom stereocenters. The number of rotatable bonds is 3. The number of aromatic amines is 1. The molecule has 25 heavy (non-hydrogen) atoms. The quantitative estimate of drug-likeness (QED) is 0.868. The van der Waals surface area contributed by atoms with Crippen molar-refractivity contribution >= 4 is 28.9 Å². The summed E-state index contributed by atoms with van der Waals surface area (Å²) in [6.07, 6.45) is 0. The summed E-state index contributed by atoms with van der Waals surface area (Å²) in [6.45, 7) is 11.3. The van der Waals surface area contributed by atoms with E-state index in [4.69, 9.17) is 16.7 Å². The highest BCUT2D eigenvalue weighted by Crippen LogP contribution is 2.30. The Labute approximate surface area is 153 Å². The van der Waals surface area contributed by atoms with Crippen LogP contribution >= 0.6 is 11.6 Å². The second-order valence-corrected chi connectivity index (χ2v) is 6.14. The van der Waals surface area contributed by atoms with Gasteiger partial charge in [0.05, 0.1) is 33.3 Å². The Hall–Kier alpha value is -2.21. The fourth-order valence-electron chi connectivity index (χ4n) is 3.07. The third kappa shape index (κ3) is 4.07. The first-order chi connectivity index (χ1) is 12.0. The van der Waals surface area contributed by atoms with Crippen LogP contribution in [0.25, 0.3) is 0 Å². The molecule has 2 aromatic rings. The number of aromatic nitrogens is 2. The molecule has 7 heteroatoms. The number of hydrogen-bond acceptors (Lipinski definition) is 4. The Bertz CT molecular complexity index is 717. The zero-order valence-corrected chi connectivity index (χ0v) is 15.9. The number of benzene rings is 1. The van der Waals surface area contributed by atoms with Crippen LogP contribution in [0.4, 0.5) is 11.4 Å². The molecule has 0 amide bonds. The summed E-state index contributed by atoms with van der Waals surface area (Å²) in [4.78, 5) is 15.6. The second-order valence-electron chi connectivity index (χ2n) is 5.73. The maximum Gasteiger partial charge on any atom is 0.335 e. The van der Waals surface area contributed by atoms with Gasteiger partial charge in [0, 0.05) is 26.2 Å². The van der Waals surface area contributed by atoms with Crippen molar-refractivity contribution in [2.75, 3.05) is 36.0 Å². The third-order valence-corrected chi connectivity index (χ3v) is 4.54. The van der Waals surface area contributed by atoms with Gasteiger partial charge in [0.25, 0.3) is 0 Å². The maximum atomic E-state index is 11.1. The molecule has 0 spiro atoms. The number of nitrogens with zero attached hydrogens (tertiary/aromatic N) is 3. The summed E-state index contributed by atoms with van der Waals surface area (Å²) in [5.74, 6) is -0.939. The first-order valence-corrected chi connectivity index (χ1v) is 8.89. The van der Waals surface area contributed by atoms with E-state index in [1.165, 1.54) is 6.07 Å². The van der Waals surface area contributed by atoms with Crippen LogP contribution in [-0.2, 0) is 0 Å². The molecule has 2 heterocycles. The number of hydrogen-bond donors (Lipinski definition) is 2.